The van der Waals surface area contributed by atoms with Gasteiger partial charge in [-0.3, -0.25) is 0 Å². The van der Waals surface area contributed by atoms with Gasteiger partial charge >= 0.3 is 0 Å². The van der Waals surface area contributed by atoms with Crippen LogP contribution in [0.2, 0.25) is 0 Å². The molecule has 1 saturated carbocycles. The van der Waals surface area contributed by atoms with E-state index in [1.807, 2.05) is 6.92 Å². The molecule has 0 aromatic heterocycles. The summed E-state index contributed by atoms with van der Waals surface area (Å²) in [6.45, 7) is 2.01. The molecular weight excluding hydrogens is 266 g/mol. The number of nitrogens with one attached hydrogen (secondary N) is 1. The maximum Gasteiger partial charge on any atom is 0.150 e. The van der Waals surface area contributed by atoms with E-state index in [2.05, 4.69) is 5.32 Å². The minimum Gasteiger partial charge on any atom is -0.389 e. The quantitative estimate of drug-likeness (QED) is 0.831. The lowest BCUT2D eigenvalue weighted by atomic mass is 9.83. The summed E-state index contributed by atoms with van der Waals surface area (Å²) in [6.07, 6.45) is 5.18. The van der Waals surface area contributed by atoms with Crippen molar-refractivity contribution < 1.29 is 8.78 Å². The number of nitrogens with two attached hydrogens (primary N) is 1. The summed E-state index contributed by atoms with van der Waals surface area (Å²) >= 11 is 4.73. The van der Waals surface area contributed by atoms with Gasteiger partial charge in [0.05, 0.1) is 0 Å². The number of halogens is 2. The fourth-order valence-electron chi connectivity index (χ4n) is 2.59. The van der Waals surface area contributed by atoms with Crippen molar-refractivity contribution in [2.24, 2.45) is 5.73 Å². The second-order valence-electron chi connectivity index (χ2n) is 5.43. The lowest BCUT2D eigenvalue weighted by Crippen LogP contribution is -2.37. The first kappa shape index (κ1) is 14.2. The molecule has 0 atom stereocenters. The predicted molar refractivity (Wildman–Crippen MR) is 77.4 cm³/mol. The molecule has 0 amide bonds. The van der Waals surface area contributed by atoms with Crippen LogP contribution in [0, 0.1) is 11.6 Å². The Morgan fingerprint density at radius 1 is 1.21 bits per heavy atom. The van der Waals surface area contributed by atoms with E-state index in [0.29, 0.717) is 0 Å². The fraction of sp³-hybridized carbons (Fsp3) is 0.500. The van der Waals surface area contributed by atoms with Crippen LogP contribution in [-0.4, -0.2) is 10.5 Å². The van der Waals surface area contributed by atoms with Crippen LogP contribution in [0.3, 0.4) is 0 Å². The van der Waals surface area contributed by atoms with Gasteiger partial charge in [0.2, 0.25) is 0 Å². The molecule has 0 aliphatic heterocycles. The highest BCUT2D eigenvalue weighted by Gasteiger charge is 2.28. The van der Waals surface area contributed by atoms with Crippen LogP contribution >= 0.6 is 12.2 Å². The molecule has 1 aromatic rings. The molecular formula is C14H18F2N2S. The molecule has 5 heteroatoms. The molecule has 1 aromatic carbocycles. The molecule has 0 radical (unpaired) electrons. The molecule has 104 valence electrons. The third-order valence-corrected chi connectivity index (χ3v) is 3.95. The monoisotopic (exact) mass is 284 g/mol. The van der Waals surface area contributed by atoms with Gasteiger partial charge in [-0.1, -0.05) is 31.5 Å². The van der Waals surface area contributed by atoms with Gasteiger partial charge in [0.15, 0.2) is 0 Å². The lowest BCUT2D eigenvalue weighted by Gasteiger charge is -2.35. The van der Waals surface area contributed by atoms with Gasteiger partial charge in [-0.2, -0.15) is 0 Å². The third kappa shape index (κ3) is 3.21. The van der Waals surface area contributed by atoms with E-state index in [1.54, 1.807) is 0 Å². The van der Waals surface area contributed by atoms with E-state index in [9.17, 15) is 8.78 Å². The molecule has 19 heavy (non-hydrogen) atoms. The minimum atomic E-state index is -0.644. The van der Waals surface area contributed by atoms with Crippen LogP contribution in [0.5, 0.6) is 0 Å². The maximum absolute atomic E-state index is 14.0. The molecule has 0 heterocycles. The van der Waals surface area contributed by atoms with Crippen LogP contribution in [0.25, 0.3) is 0 Å². The molecule has 1 fully saturated rings. The zero-order valence-electron chi connectivity index (χ0n) is 10.9. The van der Waals surface area contributed by atoms with Crippen molar-refractivity contribution in [3.8, 4) is 0 Å². The third-order valence-electron chi connectivity index (χ3n) is 3.71. The second-order valence-corrected chi connectivity index (χ2v) is 5.87. The van der Waals surface area contributed by atoms with Gasteiger partial charge < -0.3 is 11.1 Å². The van der Waals surface area contributed by atoms with Gasteiger partial charge in [0.25, 0.3) is 0 Å². The largest absolute Gasteiger partial charge is 0.389 e. The minimum absolute atomic E-state index is 0.00627. The highest BCUT2D eigenvalue weighted by molar-refractivity contribution is 7.80. The standard InChI is InChI=1S/C14H18F2N2S/c1-14(5-3-2-4-6-14)18-12-10(15)7-9(13(17)19)8-11(12)16/h7-8,18H,2-6H2,1H3,(H2,17,19). The van der Waals surface area contributed by atoms with Crippen LogP contribution < -0.4 is 11.1 Å². The van der Waals surface area contributed by atoms with Crippen molar-refractivity contribution in [3.05, 3.63) is 29.3 Å². The second kappa shape index (κ2) is 5.41. The fourth-order valence-corrected chi connectivity index (χ4v) is 2.71. The summed E-state index contributed by atoms with van der Waals surface area (Å²) in [4.78, 5) is -0.00627. The molecule has 1 aliphatic rings. The number of anilines is 1. The molecule has 2 rings (SSSR count). The van der Waals surface area contributed by atoms with E-state index in [-0.39, 0.29) is 21.8 Å². The molecule has 0 bridgehead atoms. The number of thiocarbonyl (C=S) groups is 1. The Bertz CT molecular complexity index is 473. The summed E-state index contributed by atoms with van der Waals surface area (Å²) in [5, 5.41) is 3.03. The van der Waals surface area contributed by atoms with Crippen molar-refractivity contribution in [3.63, 3.8) is 0 Å². The van der Waals surface area contributed by atoms with Crippen molar-refractivity contribution >= 4 is 22.9 Å². The average Bonchev–Trinajstić information content (AvgIpc) is 2.34. The predicted octanol–water partition coefficient (Wildman–Crippen LogP) is 3.73. The molecule has 2 nitrogen and oxygen atoms in total. The van der Waals surface area contributed by atoms with Gasteiger partial charge in [0, 0.05) is 11.1 Å². The molecule has 3 N–H and O–H groups in total. The van der Waals surface area contributed by atoms with E-state index in [1.165, 1.54) is 18.6 Å². The zero-order valence-corrected chi connectivity index (χ0v) is 11.7. The van der Waals surface area contributed by atoms with Gasteiger partial charge in [-0.15, -0.1) is 0 Å². The Labute approximate surface area is 117 Å². The molecule has 1 aliphatic carbocycles. The topological polar surface area (TPSA) is 38.0 Å². The highest BCUT2D eigenvalue weighted by atomic mass is 32.1. The van der Waals surface area contributed by atoms with Gasteiger partial charge in [-0.25, -0.2) is 8.78 Å². The van der Waals surface area contributed by atoms with Crippen LogP contribution in [0.1, 0.15) is 44.6 Å². The smallest absolute Gasteiger partial charge is 0.150 e. The van der Waals surface area contributed by atoms with Gasteiger partial charge in [-0.05, 0) is 31.9 Å². The lowest BCUT2D eigenvalue weighted by molar-refractivity contribution is 0.346. The van der Waals surface area contributed by atoms with Crippen molar-refractivity contribution in [2.45, 2.75) is 44.6 Å². The average molecular weight is 284 g/mol. The first-order chi connectivity index (χ1) is 8.91. The van der Waals surface area contributed by atoms with E-state index < -0.39 is 11.6 Å². The van der Waals surface area contributed by atoms with Gasteiger partial charge in [0.1, 0.15) is 22.3 Å². The summed E-state index contributed by atoms with van der Waals surface area (Å²) < 4.78 is 28.0. The van der Waals surface area contributed by atoms with E-state index in [0.717, 1.165) is 25.7 Å². The highest BCUT2D eigenvalue weighted by Crippen LogP contribution is 2.33. The number of benzene rings is 1. The first-order valence-electron chi connectivity index (χ1n) is 6.48. The zero-order chi connectivity index (χ0) is 14.0. The Morgan fingerprint density at radius 2 is 1.74 bits per heavy atom. The Hall–Kier alpha value is -1.23. The van der Waals surface area contributed by atoms with E-state index in [4.69, 9.17) is 18.0 Å². The summed E-state index contributed by atoms with van der Waals surface area (Å²) in [5.74, 6) is -1.29. The molecule has 0 spiro atoms. The molecule has 0 unspecified atom stereocenters. The summed E-state index contributed by atoms with van der Waals surface area (Å²) in [5.41, 5.74) is 5.28. The van der Waals surface area contributed by atoms with Crippen molar-refractivity contribution in [2.75, 3.05) is 5.32 Å². The number of hydrogen-bond donors (Lipinski definition) is 2. The maximum atomic E-state index is 14.0. The number of rotatable bonds is 3. The van der Waals surface area contributed by atoms with Crippen LogP contribution in [0.4, 0.5) is 14.5 Å². The Kier molecular flexibility index (Phi) is 4.04. The SMILES string of the molecule is CC1(Nc2c(F)cc(C(N)=S)cc2F)CCCCC1. The van der Waals surface area contributed by atoms with Crippen LogP contribution in [0.15, 0.2) is 12.1 Å². The summed E-state index contributed by atoms with van der Waals surface area (Å²) in [6, 6.07) is 2.36. The Balaban J connectivity index is 2.27. The first-order valence-corrected chi connectivity index (χ1v) is 6.89. The van der Waals surface area contributed by atoms with Crippen molar-refractivity contribution in [1.29, 1.82) is 0 Å². The normalized spacial score (nSPS) is 18.1. The molecule has 0 saturated heterocycles. The van der Waals surface area contributed by atoms with Crippen molar-refractivity contribution in [1.82, 2.24) is 0 Å². The summed E-state index contributed by atoms with van der Waals surface area (Å²) in [7, 11) is 0. The Morgan fingerprint density at radius 3 is 2.21 bits per heavy atom. The van der Waals surface area contributed by atoms with E-state index >= 15 is 0 Å². The van der Waals surface area contributed by atoms with Crippen LogP contribution in [-0.2, 0) is 0 Å². The number of hydrogen-bond acceptors (Lipinski definition) is 2.